The molecule has 144 valence electrons. The number of nitrogens with two attached hydrogens (primary N) is 1. The summed E-state index contributed by atoms with van der Waals surface area (Å²) in [6, 6.07) is 9.58. The molecule has 27 heavy (non-hydrogen) atoms. The van der Waals surface area contributed by atoms with Gasteiger partial charge in [-0.3, -0.25) is 4.79 Å². The number of carbonyl (C=O) groups excluding carboxylic acids is 1. The first-order valence-corrected chi connectivity index (χ1v) is 10.6. The molecule has 1 aliphatic rings. The van der Waals surface area contributed by atoms with Crippen molar-refractivity contribution in [3.8, 4) is 0 Å². The fraction of sp³-hybridized carbons (Fsp3) is 0.278. The first-order valence-electron chi connectivity index (χ1n) is 8.30. The molecule has 1 aliphatic heterocycles. The normalized spacial score (nSPS) is 14.7. The Kier molecular flexibility index (Phi) is 5.67. The van der Waals surface area contributed by atoms with E-state index < -0.39 is 10.0 Å². The summed E-state index contributed by atoms with van der Waals surface area (Å²) in [7, 11) is -3.79. The van der Waals surface area contributed by atoms with Gasteiger partial charge in [-0.1, -0.05) is 35.3 Å². The minimum atomic E-state index is -3.79. The van der Waals surface area contributed by atoms with E-state index in [2.05, 4.69) is 5.32 Å². The number of rotatable bonds is 5. The van der Waals surface area contributed by atoms with Crippen LogP contribution in [0.25, 0.3) is 0 Å². The molecule has 0 spiro atoms. The molecule has 3 rings (SSSR count). The number of anilines is 1. The van der Waals surface area contributed by atoms with Crippen LogP contribution in [0.5, 0.6) is 0 Å². The average molecular weight is 428 g/mol. The lowest BCUT2D eigenvalue weighted by Gasteiger charge is -2.22. The highest BCUT2D eigenvalue weighted by atomic mass is 35.5. The number of hydrogen-bond acceptors (Lipinski definition) is 4. The van der Waals surface area contributed by atoms with Gasteiger partial charge in [-0.25, -0.2) is 13.6 Å². The lowest BCUT2D eigenvalue weighted by Crippen LogP contribution is -2.37. The van der Waals surface area contributed by atoms with E-state index in [0.717, 1.165) is 17.5 Å². The standard InChI is InChI=1S/C18H19Cl2N3O3S/c1-11(15-5-3-13(19)8-16(15)20)22-18(24)10-23-7-6-12-2-4-14(9-17(12)23)27(21,25)26/h2-5,8-9,11H,6-7,10H2,1H3,(H,22,24)(H2,21,25,26). The number of benzene rings is 2. The molecular formula is C18H19Cl2N3O3S. The summed E-state index contributed by atoms with van der Waals surface area (Å²) in [5.41, 5.74) is 2.48. The molecule has 0 saturated carbocycles. The number of halogens is 2. The predicted octanol–water partition coefficient (Wildman–Crippen LogP) is 2.88. The van der Waals surface area contributed by atoms with Crippen molar-refractivity contribution in [1.29, 1.82) is 0 Å². The molecule has 0 fully saturated rings. The topological polar surface area (TPSA) is 92.5 Å². The third kappa shape index (κ3) is 4.55. The first-order chi connectivity index (χ1) is 12.6. The Balaban J connectivity index is 1.71. The van der Waals surface area contributed by atoms with E-state index in [1.54, 1.807) is 24.3 Å². The fourth-order valence-electron chi connectivity index (χ4n) is 3.16. The molecule has 0 aliphatic carbocycles. The van der Waals surface area contributed by atoms with Gasteiger partial charge in [0.05, 0.1) is 17.5 Å². The maximum atomic E-state index is 12.5. The first kappa shape index (κ1) is 19.9. The van der Waals surface area contributed by atoms with E-state index in [0.29, 0.717) is 22.3 Å². The molecule has 3 N–H and O–H groups in total. The van der Waals surface area contributed by atoms with Crippen molar-refractivity contribution in [3.63, 3.8) is 0 Å². The van der Waals surface area contributed by atoms with E-state index in [-0.39, 0.29) is 23.4 Å². The minimum absolute atomic E-state index is 0.0369. The number of hydrogen-bond donors (Lipinski definition) is 2. The number of carbonyl (C=O) groups is 1. The minimum Gasteiger partial charge on any atom is -0.362 e. The molecule has 1 atom stereocenters. The smallest absolute Gasteiger partial charge is 0.239 e. The monoisotopic (exact) mass is 427 g/mol. The lowest BCUT2D eigenvalue weighted by atomic mass is 10.1. The number of nitrogens with zero attached hydrogens (tertiary/aromatic N) is 1. The molecule has 9 heteroatoms. The van der Waals surface area contributed by atoms with Crippen LogP contribution < -0.4 is 15.4 Å². The number of fused-ring (bicyclic) bond motifs is 1. The number of nitrogens with one attached hydrogen (secondary N) is 1. The van der Waals surface area contributed by atoms with Gasteiger partial charge in [-0.05, 0) is 48.7 Å². The summed E-state index contributed by atoms with van der Waals surface area (Å²) >= 11 is 12.1. The summed E-state index contributed by atoms with van der Waals surface area (Å²) < 4.78 is 23.2. The molecule has 0 saturated heterocycles. The second kappa shape index (κ2) is 7.67. The lowest BCUT2D eigenvalue weighted by molar-refractivity contribution is -0.120. The second-order valence-electron chi connectivity index (χ2n) is 6.46. The van der Waals surface area contributed by atoms with Crippen molar-refractivity contribution in [1.82, 2.24) is 5.32 Å². The van der Waals surface area contributed by atoms with Gasteiger partial charge in [0, 0.05) is 22.3 Å². The number of sulfonamides is 1. The summed E-state index contributed by atoms with van der Waals surface area (Å²) in [6.45, 7) is 2.58. The predicted molar refractivity (Wildman–Crippen MR) is 107 cm³/mol. The van der Waals surface area contributed by atoms with Crippen molar-refractivity contribution >= 4 is 44.8 Å². The van der Waals surface area contributed by atoms with Gasteiger partial charge >= 0.3 is 0 Å². The Morgan fingerprint density at radius 1 is 1.26 bits per heavy atom. The maximum absolute atomic E-state index is 12.5. The zero-order valence-electron chi connectivity index (χ0n) is 14.6. The Hall–Kier alpha value is -1.80. The van der Waals surface area contributed by atoms with Crippen LogP contribution >= 0.6 is 23.2 Å². The Morgan fingerprint density at radius 2 is 2.00 bits per heavy atom. The molecule has 0 bridgehead atoms. The Labute approximate surface area is 168 Å². The van der Waals surface area contributed by atoms with Crippen LogP contribution in [-0.2, 0) is 21.2 Å². The maximum Gasteiger partial charge on any atom is 0.239 e. The van der Waals surface area contributed by atoms with Gasteiger partial charge in [0.25, 0.3) is 0 Å². The van der Waals surface area contributed by atoms with Crippen LogP contribution in [0, 0.1) is 0 Å². The third-order valence-corrected chi connectivity index (χ3v) is 5.99. The third-order valence-electron chi connectivity index (χ3n) is 4.52. The molecule has 0 radical (unpaired) electrons. The van der Waals surface area contributed by atoms with Gasteiger partial charge in [0.15, 0.2) is 0 Å². The van der Waals surface area contributed by atoms with Crippen LogP contribution in [0.3, 0.4) is 0 Å². The largest absolute Gasteiger partial charge is 0.362 e. The molecule has 1 unspecified atom stereocenters. The Bertz CT molecular complexity index is 995. The van der Waals surface area contributed by atoms with E-state index in [9.17, 15) is 13.2 Å². The van der Waals surface area contributed by atoms with Crippen LogP contribution in [0.2, 0.25) is 10.0 Å². The summed E-state index contributed by atoms with van der Waals surface area (Å²) in [5.74, 6) is -0.192. The van der Waals surface area contributed by atoms with Crippen LogP contribution in [-0.4, -0.2) is 27.4 Å². The van der Waals surface area contributed by atoms with Crippen molar-refractivity contribution in [2.45, 2.75) is 24.3 Å². The summed E-state index contributed by atoms with van der Waals surface area (Å²) in [5, 5.41) is 9.13. The zero-order chi connectivity index (χ0) is 19.8. The van der Waals surface area contributed by atoms with E-state index in [1.807, 2.05) is 11.8 Å². The van der Waals surface area contributed by atoms with Gasteiger partial charge in [-0.2, -0.15) is 0 Å². The fourth-order valence-corrected chi connectivity index (χ4v) is 4.26. The van der Waals surface area contributed by atoms with E-state index in [1.165, 1.54) is 12.1 Å². The van der Waals surface area contributed by atoms with Crippen molar-refractivity contribution < 1.29 is 13.2 Å². The van der Waals surface area contributed by atoms with E-state index in [4.69, 9.17) is 28.3 Å². The van der Waals surface area contributed by atoms with Gasteiger partial charge < -0.3 is 10.2 Å². The van der Waals surface area contributed by atoms with Crippen molar-refractivity contribution in [2.75, 3.05) is 18.0 Å². The number of primary sulfonamides is 1. The van der Waals surface area contributed by atoms with Gasteiger partial charge in [-0.15, -0.1) is 0 Å². The van der Waals surface area contributed by atoms with Gasteiger partial charge in [0.2, 0.25) is 15.9 Å². The molecular weight excluding hydrogens is 409 g/mol. The molecule has 1 amide bonds. The highest BCUT2D eigenvalue weighted by Gasteiger charge is 2.24. The second-order valence-corrected chi connectivity index (χ2v) is 8.87. The molecule has 2 aromatic rings. The highest BCUT2D eigenvalue weighted by Crippen LogP contribution is 2.30. The average Bonchev–Trinajstić information content (AvgIpc) is 2.96. The summed E-state index contributed by atoms with van der Waals surface area (Å²) in [6.07, 6.45) is 0.742. The van der Waals surface area contributed by atoms with Crippen LogP contribution in [0.1, 0.15) is 24.1 Å². The van der Waals surface area contributed by atoms with Crippen molar-refractivity contribution in [2.24, 2.45) is 5.14 Å². The van der Waals surface area contributed by atoms with Crippen LogP contribution in [0.15, 0.2) is 41.3 Å². The van der Waals surface area contributed by atoms with Crippen LogP contribution in [0.4, 0.5) is 5.69 Å². The SMILES string of the molecule is CC(NC(=O)CN1CCc2ccc(S(N)(=O)=O)cc21)c1ccc(Cl)cc1Cl. The van der Waals surface area contributed by atoms with E-state index >= 15 is 0 Å². The summed E-state index contributed by atoms with van der Waals surface area (Å²) in [4.78, 5) is 14.4. The molecule has 1 heterocycles. The highest BCUT2D eigenvalue weighted by molar-refractivity contribution is 7.89. The number of amides is 1. The Morgan fingerprint density at radius 3 is 2.67 bits per heavy atom. The molecule has 2 aromatic carbocycles. The van der Waals surface area contributed by atoms with Crippen molar-refractivity contribution in [3.05, 3.63) is 57.6 Å². The molecule has 6 nitrogen and oxygen atoms in total. The zero-order valence-corrected chi connectivity index (χ0v) is 16.9. The molecule has 0 aromatic heterocycles. The van der Waals surface area contributed by atoms with Gasteiger partial charge in [0.1, 0.15) is 0 Å². The quantitative estimate of drug-likeness (QED) is 0.766.